The molecule has 0 aliphatic heterocycles. The summed E-state index contributed by atoms with van der Waals surface area (Å²) in [6.07, 6.45) is 2.26. The Morgan fingerprint density at radius 3 is 2.93 bits per heavy atom. The first-order valence-corrected chi connectivity index (χ1v) is 4.57. The minimum Gasteiger partial charge on any atom is -0.464 e. The highest BCUT2D eigenvalue weighted by molar-refractivity contribution is 5.83. The molecular weight excluding hydrogens is 196 g/mol. The highest BCUT2D eigenvalue weighted by Gasteiger charge is 2.11. The minimum atomic E-state index is -0.418. The Bertz CT molecular complexity index is 504. The van der Waals surface area contributed by atoms with Gasteiger partial charge in [0.15, 0.2) is 0 Å². The van der Waals surface area contributed by atoms with Crippen molar-refractivity contribution < 1.29 is 9.34 Å². The first kappa shape index (κ1) is 9.67. The fourth-order valence-electron chi connectivity index (χ4n) is 1.53. The number of nitrogens with zero attached hydrogens (tertiary/aromatic N) is 1. The molecule has 0 bridgehead atoms. The van der Waals surface area contributed by atoms with Crippen molar-refractivity contribution in [1.29, 1.82) is 0 Å². The molecule has 0 fully saturated rings. The number of non-ortho nitro benzene ring substituents is 1. The molecule has 5 heteroatoms. The van der Waals surface area contributed by atoms with Crippen molar-refractivity contribution in [3.8, 4) is 0 Å². The molecule has 0 saturated carbocycles. The second-order valence-electron chi connectivity index (χ2n) is 3.24. The molecule has 0 radical (unpaired) electrons. The highest BCUT2D eigenvalue weighted by Crippen LogP contribution is 2.25. The highest BCUT2D eigenvalue weighted by atomic mass is 16.6. The molecule has 2 aromatic rings. The van der Waals surface area contributed by atoms with E-state index >= 15 is 0 Å². The van der Waals surface area contributed by atoms with Crippen molar-refractivity contribution >= 4 is 16.7 Å². The van der Waals surface area contributed by atoms with Crippen LogP contribution >= 0.6 is 0 Å². The fraction of sp³-hybridized carbons (Fsp3) is 0.200. The van der Waals surface area contributed by atoms with Gasteiger partial charge in [0.2, 0.25) is 0 Å². The van der Waals surface area contributed by atoms with E-state index in [0.29, 0.717) is 18.5 Å². The maximum Gasteiger partial charge on any atom is 0.270 e. The van der Waals surface area contributed by atoms with E-state index in [1.165, 1.54) is 12.1 Å². The normalized spacial score (nSPS) is 10.7. The van der Waals surface area contributed by atoms with Gasteiger partial charge in [-0.05, 0) is 24.6 Å². The van der Waals surface area contributed by atoms with Crippen LogP contribution in [0.25, 0.3) is 11.0 Å². The van der Waals surface area contributed by atoms with Crippen LogP contribution in [-0.2, 0) is 6.42 Å². The first-order valence-electron chi connectivity index (χ1n) is 4.57. The maximum absolute atomic E-state index is 10.6. The summed E-state index contributed by atoms with van der Waals surface area (Å²) < 4.78 is 5.26. The van der Waals surface area contributed by atoms with Gasteiger partial charge in [-0.25, -0.2) is 0 Å². The van der Waals surface area contributed by atoms with Gasteiger partial charge in [0.25, 0.3) is 5.69 Å². The van der Waals surface area contributed by atoms with Gasteiger partial charge < -0.3 is 10.2 Å². The van der Waals surface area contributed by atoms with E-state index in [4.69, 9.17) is 10.2 Å². The lowest BCUT2D eigenvalue weighted by molar-refractivity contribution is -0.384. The summed E-state index contributed by atoms with van der Waals surface area (Å²) >= 11 is 0. The van der Waals surface area contributed by atoms with E-state index in [2.05, 4.69) is 0 Å². The van der Waals surface area contributed by atoms with Gasteiger partial charge in [-0.2, -0.15) is 0 Å². The summed E-state index contributed by atoms with van der Waals surface area (Å²) in [6.45, 7) is 0.497. The summed E-state index contributed by atoms with van der Waals surface area (Å²) in [5, 5.41) is 11.4. The van der Waals surface area contributed by atoms with Gasteiger partial charge in [-0.3, -0.25) is 10.1 Å². The average molecular weight is 206 g/mol. The number of fused-ring (bicyclic) bond motifs is 1. The van der Waals surface area contributed by atoms with E-state index in [1.54, 1.807) is 12.3 Å². The third kappa shape index (κ3) is 1.69. The van der Waals surface area contributed by atoms with Crippen LogP contribution in [0.4, 0.5) is 5.69 Å². The molecule has 15 heavy (non-hydrogen) atoms. The van der Waals surface area contributed by atoms with Crippen LogP contribution in [-0.4, -0.2) is 11.5 Å². The van der Waals surface area contributed by atoms with Crippen LogP contribution in [0.5, 0.6) is 0 Å². The average Bonchev–Trinajstić information content (AvgIpc) is 2.61. The van der Waals surface area contributed by atoms with Gasteiger partial charge in [0, 0.05) is 17.5 Å². The number of nitrogens with two attached hydrogens (primary N) is 1. The molecule has 0 aliphatic carbocycles. The molecule has 0 aliphatic rings. The fourth-order valence-corrected chi connectivity index (χ4v) is 1.53. The van der Waals surface area contributed by atoms with E-state index in [1.807, 2.05) is 0 Å². The summed E-state index contributed by atoms with van der Waals surface area (Å²) in [6, 6.07) is 4.55. The van der Waals surface area contributed by atoms with Crippen molar-refractivity contribution in [2.45, 2.75) is 6.42 Å². The van der Waals surface area contributed by atoms with E-state index in [-0.39, 0.29) is 5.69 Å². The smallest absolute Gasteiger partial charge is 0.270 e. The number of benzene rings is 1. The first-order chi connectivity index (χ1) is 7.22. The Morgan fingerprint density at radius 2 is 2.27 bits per heavy atom. The molecule has 0 spiro atoms. The summed E-state index contributed by atoms with van der Waals surface area (Å²) in [5.41, 5.74) is 7.07. The van der Waals surface area contributed by atoms with E-state index in [0.717, 1.165) is 10.9 Å². The number of hydrogen-bond acceptors (Lipinski definition) is 4. The minimum absolute atomic E-state index is 0.0715. The van der Waals surface area contributed by atoms with Crippen molar-refractivity contribution in [3.05, 3.63) is 40.1 Å². The Labute approximate surface area is 85.6 Å². The molecule has 1 heterocycles. The van der Waals surface area contributed by atoms with Gasteiger partial charge >= 0.3 is 0 Å². The molecule has 78 valence electrons. The lowest BCUT2D eigenvalue weighted by Gasteiger charge is -1.94. The van der Waals surface area contributed by atoms with Crippen molar-refractivity contribution in [2.24, 2.45) is 5.73 Å². The Hall–Kier alpha value is -1.88. The van der Waals surface area contributed by atoms with Gasteiger partial charge in [-0.1, -0.05) is 0 Å². The lowest BCUT2D eigenvalue weighted by Crippen LogP contribution is -2.01. The Morgan fingerprint density at radius 1 is 1.47 bits per heavy atom. The van der Waals surface area contributed by atoms with Gasteiger partial charge in [-0.15, -0.1) is 0 Å². The molecule has 1 aromatic heterocycles. The largest absolute Gasteiger partial charge is 0.464 e. The van der Waals surface area contributed by atoms with Crippen molar-refractivity contribution in [2.75, 3.05) is 6.54 Å². The number of rotatable bonds is 3. The zero-order valence-electron chi connectivity index (χ0n) is 7.97. The standard InChI is InChI=1S/C10H10N2O3/c11-4-3-7-6-15-10-2-1-8(12(13)14)5-9(7)10/h1-2,5-6H,3-4,11H2. The molecule has 2 rings (SSSR count). The third-order valence-corrected chi connectivity index (χ3v) is 2.26. The van der Waals surface area contributed by atoms with E-state index in [9.17, 15) is 10.1 Å². The Balaban J connectivity index is 2.56. The van der Waals surface area contributed by atoms with Gasteiger partial charge in [0.1, 0.15) is 5.58 Å². The third-order valence-electron chi connectivity index (χ3n) is 2.26. The predicted molar refractivity (Wildman–Crippen MR) is 55.6 cm³/mol. The second kappa shape index (κ2) is 3.70. The van der Waals surface area contributed by atoms with Crippen LogP contribution in [0.1, 0.15) is 5.56 Å². The van der Waals surface area contributed by atoms with E-state index < -0.39 is 4.92 Å². The molecule has 2 N–H and O–H groups in total. The SMILES string of the molecule is NCCc1coc2ccc([N+](=O)[O-])cc12. The van der Waals surface area contributed by atoms with Crippen LogP contribution in [0.3, 0.4) is 0 Å². The molecule has 0 amide bonds. The molecule has 5 nitrogen and oxygen atoms in total. The number of nitro benzene ring substituents is 1. The molecule has 0 saturated heterocycles. The second-order valence-corrected chi connectivity index (χ2v) is 3.24. The maximum atomic E-state index is 10.6. The van der Waals surface area contributed by atoms with Gasteiger partial charge in [0.05, 0.1) is 11.2 Å². The molecule has 1 aromatic carbocycles. The van der Waals surface area contributed by atoms with Crippen LogP contribution < -0.4 is 5.73 Å². The zero-order valence-corrected chi connectivity index (χ0v) is 7.97. The quantitative estimate of drug-likeness (QED) is 0.613. The van der Waals surface area contributed by atoms with Crippen LogP contribution in [0.15, 0.2) is 28.9 Å². The van der Waals surface area contributed by atoms with Crippen molar-refractivity contribution in [3.63, 3.8) is 0 Å². The Kier molecular flexibility index (Phi) is 2.39. The van der Waals surface area contributed by atoms with Crippen LogP contribution in [0, 0.1) is 10.1 Å². The molecule has 0 atom stereocenters. The molecule has 0 unspecified atom stereocenters. The summed E-state index contributed by atoms with van der Waals surface area (Å²) in [4.78, 5) is 10.2. The summed E-state index contributed by atoms with van der Waals surface area (Å²) in [5.74, 6) is 0. The monoisotopic (exact) mass is 206 g/mol. The zero-order chi connectivity index (χ0) is 10.8. The number of hydrogen-bond donors (Lipinski definition) is 1. The summed E-state index contributed by atoms with van der Waals surface area (Å²) in [7, 11) is 0. The number of furan rings is 1. The van der Waals surface area contributed by atoms with Crippen molar-refractivity contribution in [1.82, 2.24) is 0 Å². The lowest BCUT2D eigenvalue weighted by atomic mass is 10.1. The van der Waals surface area contributed by atoms with Crippen LogP contribution in [0.2, 0.25) is 0 Å². The number of nitro groups is 1. The topological polar surface area (TPSA) is 82.3 Å². The molecular formula is C10H10N2O3. The predicted octanol–water partition coefficient (Wildman–Crippen LogP) is 1.84.